The highest BCUT2D eigenvalue weighted by atomic mass is 16.2. The number of hydrogen-bond donors (Lipinski definition) is 1. The number of piperazine rings is 1. The van der Waals surface area contributed by atoms with E-state index in [0.717, 1.165) is 10.8 Å². The molecule has 7 nitrogen and oxygen atoms in total. The Morgan fingerprint density at radius 1 is 1.27 bits per heavy atom. The van der Waals surface area contributed by atoms with Gasteiger partial charge in [0.25, 0.3) is 5.91 Å². The Kier molecular flexibility index (Phi) is 2.92. The smallest absolute Gasteiger partial charge is 0.317 e. The van der Waals surface area contributed by atoms with Crippen LogP contribution in [0, 0.1) is 0 Å². The minimum Gasteiger partial charge on any atom is -0.336 e. The van der Waals surface area contributed by atoms with Crippen LogP contribution in [0.2, 0.25) is 0 Å². The molecule has 2 aliphatic heterocycles. The van der Waals surface area contributed by atoms with Crippen LogP contribution in [0.4, 0.5) is 4.79 Å². The number of carbonyl (C=O) groups excluding carboxylic acids is 2. The van der Waals surface area contributed by atoms with Crippen molar-refractivity contribution in [3.8, 4) is 0 Å². The van der Waals surface area contributed by atoms with Crippen molar-refractivity contribution in [3.63, 3.8) is 0 Å². The maximum absolute atomic E-state index is 12.8. The summed E-state index contributed by atoms with van der Waals surface area (Å²) in [6, 6.07) is 7.60. The third kappa shape index (κ3) is 1.97. The van der Waals surface area contributed by atoms with E-state index in [2.05, 4.69) is 15.5 Å². The molecular formula is C15H15N5O2. The Bertz CT molecular complexity index is 757. The maximum Gasteiger partial charge on any atom is 0.317 e. The predicted octanol–water partition coefficient (Wildman–Crippen LogP) is 0.479. The molecule has 0 aliphatic carbocycles. The molecule has 2 aliphatic rings. The second-order valence-electron chi connectivity index (χ2n) is 5.56. The fraction of sp³-hybridized carbons (Fsp3) is 0.333. The number of nitrogens with one attached hydrogen (secondary N) is 1. The van der Waals surface area contributed by atoms with Crippen LogP contribution >= 0.6 is 0 Å². The van der Waals surface area contributed by atoms with Crippen LogP contribution in [0.5, 0.6) is 0 Å². The number of urea groups is 1. The number of hydrogen-bond acceptors (Lipinski definition) is 4. The van der Waals surface area contributed by atoms with Crippen LogP contribution in [0.25, 0.3) is 10.8 Å². The van der Waals surface area contributed by atoms with Crippen LogP contribution in [-0.2, 0) is 0 Å². The summed E-state index contributed by atoms with van der Waals surface area (Å²) in [5.41, 5.74) is 0.379. The summed E-state index contributed by atoms with van der Waals surface area (Å²) in [5, 5.41) is 12.5. The van der Waals surface area contributed by atoms with Gasteiger partial charge in [-0.2, -0.15) is 5.10 Å². The molecule has 3 heterocycles. The molecule has 0 saturated carbocycles. The molecule has 1 aromatic carbocycles. The van der Waals surface area contributed by atoms with Crippen LogP contribution in [0.15, 0.2) is 30.5 Å². The standard InChI is InChI=1S/C15H15N5O2/c21-14(13-12-4-2-1-3-10(12)7-17-18-13)19-5-6-20-11(9-19)8-16-15(20)22/h1-4,7,11H,5-6,8-9H2,(H,16,22). The van der Waals surface area contributed by atoms with E-state index in [-0.39, 0.29) is 18.0 Å². The lowest BCUT2D eigenvalue weighted by Crippen LogP contribution is -2.53. The first-order chi connectivity index (χ1) is 10.7. The van der Waals surface area contributed by atoms with Crippen LogP contribution in [-0.4, -0.2) is 64.2 Å². The minimum atomic E-state index is -0.122. The number of amides is 3. The normalized spacial score (nSPS) is 20.9. The Morgan fingerprint density at radius 3 is 3.05 bits per heavy atom. The van der Waals surface area contributed by atoms with Crippen molar-refractivity contribution >= 4 is 22.7 Å². The lowest BCUT2D eigenvalue weighted by molar-refractivity contribution is 0.0612. The summed E-state index contributed by atoms with van der Waals surface area (Å²) in [7, 11) is 0. The summed E-state index contributed by atoms with van der Waals surface area (Å²) in [5.74, 6) is -0.122. The molecule has 0 radical (unpaired) electrons. The van der Waals surface area contributed by atoms with Crippen molar-refractivity contribution in [1.29, 1.82) is 0 Å². The van der Waals surface area contributed by atoms with Crippen molar-refractivity contribution < 1.29 is 9.59 Å². The molecule has 2 fully saturated rings. The van der Waals surface area contributed by atoms with Crippen molar-refractivity contribution in [2.45, 2.75) is 6.04 Å². The van der Waals surface area contributed by atoms with Crippen LogP contribution in [0.1, 0.15) is 10.5 Å². The molecule has 22 heavy (non-hydrogen) atoms. The Hall–Kier alpha value is -2.70. The quantitative estimate of drug-likeness (QED) is 0.830. The SMILES string of the molecule is O=C(c1nncc2ccccc12)N1CCN2C(=O)NCC2C1. The van der Waals surface area contributed by atoms with E-state index in [1.54, 1.807) is 16.0 Å². The van der Waals surface area contributed by atoms with Crippen molar-refractivity contribution in [2.75, 3.05) is 26.2 Å². The van der Waals surface area contributed by atoms with Gasteiger partial charge in [0.05, 0.1) is 12.2 Å². The topological polar surface area (TPSA) is 78.4 Å². The average Bonchev–Trinajstić information content (AvgIpc) is 2.94. The number of carbonyl (C=O) groups is 2. The number of nitrogens with zero attached hydrogens (tertiary/aromatic N) is 4. The van der Waals surface area contributed by atoms with E-state index in [9.17, 15) is 9.59 Å². The van der Waals surface area contributed by atoms with Crippen molar-refractivity contribution in [1.82, 2.24) is 25.3 Å². The molecule has 1 unspecified atom stereocenters. The lowest BCUT2D eigenvalue weighted by Gasteiger charge is -2.36. The van der Waals surface area contributed by atoms with Crippen molar-refractivity contribution in [3.05, 3.63) is 36.2 Å². The maximum atomic E-state index is 12.8. The summed E-state index contributed by atoms with van der Waals surface area (Å²) in [6.07, 6.45) is 1.66. The molecular weight excluding hydrogens is 282 g/mol. The van der Waals surface area contributed by atoms with E-state index in [0.29, 0.717) is 31.9 Å². The molecule has 2 aromatic rings. The summed E-state index contributed by atoms with van der Waals surface area (Å²) >= 11 is 0. The van der Waals surface area contributed by atoms with Gasteiger partial charge in [0.2, 0.25) is 0 Å². The third-order valence-corrected chi connectivity index (χ3v) is 4.29. The lowest BCUT2D eigenvalue weighted by atomic mass is 10.1. The van der Waals surface area contributed by atoms with Gasteiger partial charge in [0, 0.05) is 37.0 Å². The molecule has 0 bridgehead atoms. The monoisotopic (exact) mass is 297 g/mol. The molecule has 4 rings (SSSR count). The predicted molar refractivity (Wildman–Crippen MR) is 79.3 cm³/mol. The third-order valence-electron chi connectivity index (χ3n) is 4.29. The van der Waals surface area contributed by atoms with Gasteiger partial charge in [-0.15, -0.1) is 5.10 Å². The summed E-state index contributed by atoms with van der Waals surface area (Å²) < 4.78 is 0. The second kappa shape index (κ2) is 4.94. The molecule has 112 valence electrons. The molecule has 3 amide bonds. The van der Waals surface area contributed by atoms with Gasteiger partial charge in [0.1, 0.15) is 0 Å². The molecule has 2 saturated heterocycles. The number of fused-ring (bicyclic) bond motifs is 2. The number of rotatable bonds is 1. The van der Waals surface area contributed by atoms with Crippen LogP contribution < -0.4 is 5.32 Å². The van der Waals surface area contributed by atoms with Gasteiger partial charge in [-0.3, -0.25) is 4.79 Å². The van der Waals surface area contributed by atoms with Crippen LogP contribution in [0.3, 0.4) is 0 Å². The molecule has 0 spiro atoms. The zero-order valence-corrected chi connectivity index (χ0v) is 11.9. The van der Waals surface area contributed by atoms with Gasteiger partial charge in [-0.05, 0) is 0 Å². The van der Waals surface area contributed by atoms with Gasteiger partial charge >= 0.3 is 6.03 Å². The Labute approximate surface area is 126 Å². The molecule has 1 atom stereocenters. The van der Waals surface area contributed by atoms with E-state index in [4.69, 9.17) is 0 Å². The van der Waals surface area contributed by atoms with Gasteiger partial charge in [-0.1, -0.05) is 24.3 Å². The summed E-state index contributed by atoms with van der Waals surface area (Å²) in [6.45, 7) is 2.19. The zero-order chi connectivity index (χ0) is 15.1. The Morgan fingerprint density at radius 2 is 2.14 bits per heavy atom. The molecule has 1 aromatic heterocycles. The summed E-state index contributed by atoms with van der Waals surface area (Å²) in [4.78, 5) is 28.0. The average molecular weight is 297 g/mol. The molecule has 1 N–H and O–H groups in total. The number of benzene rings is 1. The van der Waals surface area contributed by atoms with E-state index in [1.807, 2.05) is 24.3 Å². The fourth-order valence-electron chi connectivity index (χ4n) is 3.12. The van der Waals surface area contributed by atoms with Gasteiger partial charge < -0.3 is 15.1 Å². The van der Waals surface area contributed by atoms with Gasteiger partial charge in [-0.25, -0.2) is 4.79 Å². The first-order valence-corrected chi connectivity index (χ1v) is 7.28. The Balaban J connectivity index is 1.63. The first kappa shape index (κ1) is 13.0. The zero-order valence-electron chi connectivity index (χ0n) is 11.9. The first-order valence-electron chi connectivity index (χ1n) is 7.28. The number of aromatic nitrogens is 2. The van der Waals surface area contributed by atoms with E-state index < -0.39 is 0 Å². The second-order valence-corrected chi connectivity index (χ2v) is 5.56. The minimum absolute atomic E-state index is 0.0398. The van der Waals surface area contributed by atoms with E-state index >= 15 is 0 Å². The largest absolute Gasteiger partial charge is 0.336 e. The van der Waals surface area contributed by atoms with Gasteiger partial charge in [0.15, 0.2) is 5.69 Å². The fourth-order valence-corrected chi connectivity index (χ4v) is 3.12. The van der Waals surface area contributed by atoms with Crippen molar-refractivity contribution in [2.24, 2.45) is 0 Å². The highest BCUT2D eigenvalue weighted by Crippen LogP contribution is 2.20. The highest BCUT2D eigenvalue weighted by molar-refractivity contribution is 6.04. The molecule has 7 heteroatoms. The van der Waals surface area contributed by atoms with E-state index in [1.165, 1.54) is 0 Å². The highest BCUT2D eigenvalue weighted by Gasteiger charge is 2.37.